The van der Waals surface area contributed by atoms with Crippen LogP contribution in [0.2, 0.25) is 5.02 Å². The van der Waals surface area contributed by atoms with E-state index in [9.17, 15) is 9.59 Å². The highest BCUT2D eigenvalue weighted by Crippen LogP contribution is 2.19. The molecule has 0 aliphatic carbocycles. The molecule has 6 nitrogen and oxygen atoms in total. The molecule has 0 saturated carbocycles. The summed E-state index contributed by atoms with van der Waals surface area (Å²) >= 11 is 7.00. The molecule has 2 rings (SSSR count). The first kappa shape index (κ1) is 15.5. The van der Waals surface area contributed by atoms with Crippen molar-refractivity contribution in [3.63, 3.8) is 0 Å². The third-order valence-corrected chi connectivity index (χ3v) is 3.93. The molecule has 2 aromatic rings. The van der Waals surface area contributed by atoms with E-state index in [0.717, 1.165) is 0 Å². The van der Waals surface area contributed by atoms with Crippen LogP contribution in [0.1, 0.15) is 16.2 Å². The van der Waals surface area contributed by atoms with Crippen molar-refractivity contribution >= 4 is 35.1 Å². The number of nitrogens with zero attached hydrogens (tertiary/aromatic N) is 3. The number of benzene rings is 1. The lowest BCUT2D eigenvalue weighted by atomic mass is 10.1. The number of Topliss-reactive ketones (excluding diaryl/α,β-unsaturated/α-hetero) is 1. The molecule has 1 heterocycles. The van der Waals surface area contributed by atoms with Crippen LogP contribution in [0, 0.1) is 6.92 Å². The van der Waals surface area contributed by atoms with Gasteiger partial charge >= 0.3 is 0 Å². The van der Waals surface area contributed by atoms with Crippen LogP contribution in [0.15, 0.2) is 29.4 Å². The molecule has 0 spiro atoms. The van der Waals surface area contributed by atoms with E-state index in [1.54, 1.807) is 35.8 Å². The average Bonchev–Trinajstić information content (AvgIpc) is 2.77. The van der Waals surface area contributed by atoms with E-state index in [1.165, 1.54) is 11.8 Å². The average molecular weight is 325 g/mol. The number of rotatable bonds is 6. The van der Waals surface area contributed by atoms with Crippen LogP contribution in [-0.4, -0.2) is 32.2 Å². The molecule has 0 aliphatic rings. The van der Waals surface area contributed by atoms with Gasteiger partial charge in [0.15, 0.2) is 10.9 Å². The number of hydrogen-bond donors (Lipinski definition) is 1. The molecule has 110 valence electrons. The Balaban J connectivity index is 2.04. The minimum absolute atomic E-state index is 0.00367. The van der Waals surface area contributed by atoms with E-state index in [4.69, 9.17) is 17.3 Å². The molecule has 0 saturated heterocycles. The monoisotopic (exact) mass is 324 g/mol. The summed E-state index contributed by atoms with van der Waals surface area (Å²) in [5.41, 5.74) is 5.75. The molecular weight excluding hydrogens is 312 g/mol. The summed E-state index contributed by atoms with van der Waals surface area (Å²) in [4.78, 5) is 23.1. The molecule has 0 unspecified atom stereocenters. The standard InChI is InChI=1S/C13H13ClN4O2S/c1-8-16-17-13(18(8)6-12(15)20)21-7-11(19)9-2-4-10(14)5-3-9/h2-5H,6-7H2,1H3,(H2,15,20). The van der Waals surface area contributed by atoms with Gasteiger partial charge in [0.1, 0.15) is 12.4 Å². The fraction of sp³-hybridized carbons (Fsp3) is 0.231. The highest BCUT2D eigenvalue weighted by molar-refractivity contribution is 7.99. The van der Waals surface area contributed by atoms with Gasteiger partial charge in [-0.2, -0.15) is 0 Å². The second-order valence-electron chi connectivity index (χ2n) is 4.30. The molecule has 1 aromatic heterocycles. The minimum Gasteiger partial charge on any atom is -0.368 e. The number of amides is 1. The van der Waals surface area contributed by atoms with E-state index >= 15 is 0 Å². The van der Waals surface area contributed by atoms with Crippen molar-refractivity contribution in [1.29, 1.82) is 0 Å². The fourth-order valence-electron chi connectivity index (χ4n) is 1.66. The third kappa shape index (κ3) is 4.05. The molecule has 1 amide bonds. The van der Waals surface area contributed by atoms with Crippen LogP contribution in [0.4, 0.5) is 0 Å². The maximum atomic E-state index is 12.1. The number of carbonyl (C=O) groups excluding carboxylic acids is 2. The maximum absolute atomic E-state index is 12.1. The van der Waals surface area contributed by atoms with E-state index in [2.05, 4.69) is 10.2 Å². The number of hydrogen-bond acceptors (Lipinski definition) is 5. The fourth-order valence-corrected chi connectivity index (χ4v) is 2.66. The summed E-state index contributed by atoms with van der Waals surface area (Å²) in [7, 11) is 0. The Hall–Kier alpha value is -1.86. The number of aryl methyl sites for hydroxylation is 1. The Labute approximate surface area is 130 Å². The van der Waals surface area contributed by atoms with Crippen LogP contribution >= 0.6 is 23.4 Å². The smallest absolute Gasteiger partial charge is 0.237 e. The van der Waals surface area contributed by atoms with Gasteiger partial charge in [-0.25, -0.2) is 0 Å². The van der Waals surface area contributed by atoms with E-state index < -0.39 is 5.91 Å². The van der Waals surface area contributed by atoms with Crippen LogP contribution in [-0.2, 0) is 11.3 Å². The molecule has 0 radical (unpaired) electrons. The molecule has 1 aromatic carbocycles. The van der Waals surface area contributed by atoms with Crippen molar-refractivity contribution in [1.82, 2.24) is 14.8 Å². The van der Waals surface area contributed by atoms with Gasteiger partial charge in [-0.3, -0.25) is 14.2 Å². The zero-order chi connectivity index (χ0) is 15.4. The van der Waals surface area contributed by atoms with Gasteiger partial charge in [0.2, 0.25) is 5.91 Å². The lowest BCUT2D eigenvalue weighted by molar-refractivity contribution is -0.118. The van der Waals surface area contributed by atoms with Gasteiger partial charge in [-0.1, -0.05) is 23.4 Å². The van der Waals surface area contributed by atoms with Crippen LogP contribution in [0.5, 0.6) is 0 Å². The lowest BCUT2D eigenvalue weighted by Crippen LogP contribution is -2.20. The lowest BCUT2D eigenvalue weighted by Gasteiger charge is -2.05. The number of aromatic nitrogens is 3. The number of carbonyl (C=O) groups is 2. The largest absolute Gasteiger partial charge is 0.368 e. The van der Waals surface area contributed by atoms with E-state index in [1.807, 2.05) is 0 Å². The Morgan fingerprint density at radius 3 is 2.57 bits per heavy atom. The molecule has 0 bridgehead atoms. The highest BCUT2D eigenvalue weighted by atomic mass is 35.5. The molecule has 0 atom stereocenters. The van der Waals surface area contributed by atoms with Crippen LogP contribution in [0.3, 0.4) is 0 Å². The molecule has 8 heteroatoms. The highest BCUT2D eigenvalue weighted by Gasteiger charge is 2.14. The van der Waals surface area contributed by atoms with Crippen molar-refractivity contribution in [2.45, 2.75) is 18.6 Å². The topological polar surface area (TPSA) is 90.9 Å². The van der Waals surface area contributed by atoms with Gasteiger partial charge in [0.25, 0.3) is 0 Å². The summed E-state index contributed by atoms with van der Waals surface area (Å²) in [5.74, 6) is 0.236. The number of thioether (sulfide) groups is 1. The number of primary amides is 1. The Morgan fingerprint density at radius 2 is 1.95 bits per heavy atom. The third-order valence-electron chi connectivity index (χ3n) is 2.71. The Kier molecular flexibility index (Phi) is 4.98. The molecule has 0 fully saturated rings. The van der Waals surface area contributed by atoms with E-state index in [0.29, 0.717) is 21.6 Å². The summed E-state index contributed by atoms with van der Waals surface area (Å²) in [6.45, 7) is 1.72. The number of nitrogens with two attached hydrogens (primary N) is 1. The SMILES string of the molecule is Cc1nnc(SCC(=O)c2ccc(Cl)cc2)n1CC(N)=O. The van der Waals surface area contributed by atoms with Crippen LogP contribution in [0.25, 0.3) is 0 Å². The summed E-state index contributed by atoms with van der Waals surface area (Å²) < 4.78 is 1.59. The first-order valence-electron chi connectivity index (χ1n) is 6.07. The molecular formula is C13H13ClN4O2S. The second-order valence-corrected chi connectivity index (χ2v) is 5.68. The second kappa shape index (κ2) is 6.73. The number of ketones is 1. The number of halogens is 1. The quantitative estimate of drug-likeness (QED) is 0.645. The Bertz CT molecular complexity index is 669. The molecule has 21 heavy (non-hydrogen) atoms. The van der Waals surface area contributed by atoms with Gasteiger partial charge in [-0.15, -0.1) is 10.2 Å². The molecule has 0 aliphatic heterocycles. The van der Waals surface area contributed by atoms with Crippen molar-refractivity contribution in [3.05, 3.63) is 40.7 Å². The van der Waals surface area contributed by atoms with Gasteiger partial charge in [0, 0.05) is 10.6 Å². The van der Waals surface area contributed by atoms with Crippen molar-refractivity contribution in [2.24, 2.45) is 5.73 Å². The normalized spacial score (nSPS) is 10.6. The molecule has 2 N–H and O–H groups in total. The Morgan fingerprint density at radius 1 is 1.29 bits per heavy atom. The first-order valence-corrected chi connectivity index (χ1v) is 7.43. The van der Waals surface area contributed by atoms with Crippen LogP contribution < -0.4 is 5.73 Å². The predicted octanol–water partition coefficient (Wildman–Crippen LogP) is 1.70. The van der Waals surface area contributed by atoms with Gasteiger partial charge < -0.3 is 5.73 Å². The van der Waals surface area contributed by atoms with Gasteiger partial charge in [0.05, 0.1) is 5.75 Å². The van der Waals surface area contributed by atoms with Crippen molar-refractivity contribution in [3.8, 4) is 0 Å². The summed E-state index contributed by atoms with van der Waals surface area (Å²) in [6, 6.07) is 6.67. The van der Waals surface area contributed by atoms with Crippen molar-refractivity contribution in [2.75, 3.05) is 5.75 Å². The van der Waals surface area contributed by atoms with E-state index in [-0.39, 0.29) is 18.1 Å². The van der Waals surface area contributed by atoms with Crippen molar-refractivity contribution < 1.29 is 9.59 Å². The minimum atomic E-state index is -0.483. The maximum Gasteiger partial charge on any atom is 0.237 e. The van der Waals surface area contributed by atoms with Gasteiger partial charge in [-0.05, 0) is 31.2 Å². The zero-order valence-corrected chi connectivity index (χ0v) is 12.8. The first-order chi connectivity index (χ1) is 9.97. The predicted molar refractivity (Wildman–Crippen MR) is 80.5 cm³/mol. The zero-order valence-electron chi connectivity index (χ0n) is 11.2. The summed E-state index contributed by atoms with van der Waals surface area (Å²) in [6.07, 6.45) is 0. The summed E-state index contributed by atoms with van der Waals surface area (Å²) in [5, 5.41) is 8.90.